The predicted molar refractivity (Wildman–Crippen MR) is 81.8 cm³/mol. The Bertz CT molecular complexity index is 465. The third-order valence-corrected chi connectivity index (χ3v) is 4.17. The summed E-state index contributed by atoms with van der Waals surface area (Å²) in [6, 6.07) is 0.160. The molecule has 0 aromatic carbocycles. The van der Waals surface area contributed by atoms with Gasteiger partial charge < -0.3 is 15.6 Å². The van der Waals surface area contributed by atoms with E-state index in [1.165, 1.54) is 32.1 Å². The monoisotopic (exact) mass is 278 g/mol. The van der Waals surface area contributed by atoms with Crippen LogP contribution in [0.3, 0.4) is 0 Å². The molecule has 0 saturated heterocycles. The Hall–Kier alpha value is -1.36. The summed E-state index contributed by atoms with van der Waals surface area (Å²) in [7, 11) is 0. The molecule has 0 aliphatic heterocycles. The van der Waals surface area contributed by atoms with Crippen molar-refractivity contribution in [3.8, 4) is 0 Å². The molecule has 0 amide bonds. The van der Waals surface area contributed by atoms with Crippen LogP contribution in [0.5, 0.6) is 0 Å². The maximum atomic E-state index is 12.3. The van der Waals surface area contributed by atoms with Gasteiger partial charge >= 0.3 is 0 Å². The molecular formula is C15H26N4O. The highest BCUT2D eigenvalue weighted by Gasteiger charge is 2.23. The van der Waals surface area contributed by atoms with Gasteiger partial charge in [0.05, 0.1) is 0 Å². The lowest BCUT2D eigenvalue weighted by Crippen LogP contribution is -2.40. The highest BCUT2D eigenvalue weighted by Crippen LogP contribution is 2.27. The number of nitrogens with zero attached hydrogens (tertiary/aromatic N) is 2. The first-order valence-corrected chi connectivity index (χ1v) is 7.78. The molecule has 0 bridgehead atoms. The summed E-state index contributed by atoms with van der Waals surface area (Å²) < 4.78 is 1.71. The summed E-state index contributed by atoms with van der Waals surface area (Å²) in [6.07, 6.45) is 10.6. The summed E-state index contributed by atoms with van der Waals surface area (Å²) >= 11 is 0. The van der Waals surface area contributed by atoms with E-state index >= 15 is 0 Å². The molecule has 1 unspecified atom stereocenters. The summed E-state index contributed by atoms with van der Waals surface area (Å²) in [5, 5.41) is 3.30. The minimum absolute atomic E-state index is 0.0383. The maximum Gasteiger partial charge on any atom is 0.293 e. The van der Waals surface area contributed by atoms with Gasteiger partial charge in [0.15, 0.2) is 5.82 Å². The smallest absolute Gasteiger partial charge is 0.293 e. The second kappa shape index (κ2) is 7.43. The molecule has 1 fully saturated rings. The highest BCUT2D eigenvalue weighted by molar-refractivity contribution is 5.32. The number of aryl methyl sites for hydroxylation is 1. The Morgan fingerprint density at radius 1 is 1.45 bits per heavy atom. The van der Waals surface area contributed by atoms with E-state index in [1.54, 1.807) is 17.0 Å². The molecule has 1 aliphatic rings. The molecule has 0 spiro atoms. The molecule has 2 rings (SSSR count). The second-order valence-electron chi connectivity index (χ2n) is 5.66. The fraction of sp³-hybridized carbons (Fsp3) is 0.733. The number of nitrogens with one attached hydrogen (secondary N) is 1. The van der Waals surface area contributed by atoms with Crippen LogP contribution in [0.4, 0.5) is 5.82 Å². The van der Waals surface area contributed by atoms with Crippen molar-refractivity contribution < 1.29 is 0 Å². The minimum atomic E-state index is -0.0383. The number of hydrogen-bond acceptors (Lipinski definition) is 4. The normalized spacial score (nSPS) is 17.9. The first kappa shape index (κ1) is 15.0. The molecule has 3 N–H and O–H groups in total. The van der Waals surface area contributed by atoms with Crippen molar-refractivity contribution in [2.75, 3.05) is 11.9 Å². The van der Waals surface area contributed by atoms with Crippen molar-refractivity contribution >= 4 is 5.82 Å². The Kier molecular flexibility index (Phi) is 5.59. The summed E-state index contributed by atoms with van der Waals surface area (Å²) in [5.41, 5.74) is 5.86. The fourth-order valence-electron chi connectivity index (χ4n) is 3.04. The first-order valence-electron chi connectivity index (χ1n) is 7.78. The average Bonchev–Trinajstić information content (AvgIpc) is 2.49. The van der Waals surface area contributed by atoms with E-state index < -0.39 is 0 Å². The summed E-state index contributed by atoms with van der Waals surface area (Å²) in [5.74, 6) is 1.01. The minimum Gasteiger partial charge on any atom is -0.361 e. The van der Waals surface area contributed by atoms with Gasteiger partial charge in [0.1, 0.15) is 0 Å². The van der Waals surface area contributed by atoms with Crippen LogP contribution in [0.25, 0.3) is 0 Å². The van der Waals surface area contributed by atoms with Gasteiger partial charge in [0.2, 0.25) is 0 Å². The van der Waals surface area contributed by atoms with Crippen molar-refractivity contribution in [2.24, 2.45) is 11.7 Å². The van der Waals surface area contributed by atoms with Crippen LogP contribution in [0.1, 0.15) is 45.4 Å². The van der Waals surface area contributed by atoms with Gasteiger partial charge in [-0.2, -0.15) is 0 Å². The number of aromatic nitrogens is 2. The van der Waals surface area contributed by atoms with Crippen LogP contribution >= 0.6 is 0 Å². The lowest BCUT2D eigenvalue weighted by molar-refractivity contribution is 0.320. The molecule has 1 heterocycles. The van der Waals surface area contributed by atoms with E-state index in [4.69, 9.17) is 5.73 Å². The van der Waals surface area contributed by atoms with Gasteiger partial charge in [0, 0.05) is 31.5 Å². The molecule has 1 aromatic rings. The third-order valence-electron chi connectivity index (χ3n) is 4.17. The molecule has 5 nitrogen and oxygen atoms in total. The van der Waals surface area contributed by atoms with E-state index in [0.717, 1.165) is 13.0 Å². The number of rotatable bonds is 6. The van der Waals surface area contributed by atoms with Gasteiger partial charge in [-0.3, -0.25) is 4.79 Å². The summed E-state index contributed by atoms with van der Waals surface area (Å²) in [4.78, 5) is 16.5. The SMILES string of the molecule is CCCn1ccnc(NC(CN)C2CCCCC2)c1=O. The van der Waals surface area contributed by atoms with Crippen molar-refractivity contribution in [1.29, 1.82) is 0 Å². The van der Waals surface area contributed by atoms with Crippen molar-refractivity contribution in [1.82, 2.24) is 9.55 Å². The topological polar surface area (TPSA) is 72.9 Å². The van der Waals surface area contributed by atoms with Crippen molar-refractivity contribution in [2.45, 2.75) is 58.0 Å². The largest absolute Gasteiger partial charge is 0.361 e. The molecule has 1 aliphatic carbocycles. The van der Waals surface area contributed by atoms with E-state index in [-0.39, 0.29) is 11.6 Å². The predicted octanol–water partition coefficient (Wildman–Crippen LogP) is 1.97. The Morgan fingerprint density at radius 2 is 2.20 bits per heavy atom. The number of anilines is 1. The molecule has 5 heteroatoms. The third kappa shape index (κ3) is 3.60. The first-order chi connectivity index (χ1) is 9.76. The zero-order valence-electron chi connectivity index (χ0n) is 12.3. The van der Waals surface area contributed by atoms with E-state index in [2.05, 4.69) is 17.2 Å². The van der Waals surface area contributed by atoms with Gasteiger partial charge in [-0.25, -0.2) is 4.98 Å². The molecule has 1 aromatic heterocycles. The standard InChI is InChI=1S/C15H26N4O/c1-2-9-19-10-8-17-14(15(19)20)18-13(11-16)12-6-4-3-5-7-12/h8,10,12-13H,2-7,9,11,16H2,1H3,(H,17,18). The van der Waals surface area contributed by atoms with Crippen LogP contribution in [0.2, 0.25) is 0 Å². The fourth-order valence-corrected chi connectivity index (χ4v) is 3.04. The zero-order chi connectivity index (χ0) is 14.4. The van der Waals surface area contributed by atoms with Gasteiger partial charge in [0.25, 0.3) is 5.56 Å². The average molecular weight is 278 g/mol. The highest BCUT2D eigenvalue weighted by atomic mass is 16.1. The van der Waals surface area contributed by atoms with Crippen LogP contribution in [0.15, 0.2) is 17.2 Å². The zero-order valence-corrected chi connectivity index (χ0v) is 12.3. The van der Waals surface area contributed by atoms with Crippen molar-refractivity contribution in [3.63, 3.8) is 0 Å². The van der Waals surface area contributed by atoms with Crippen LogP contribution in [0, 0.1) is 5.92 Å². The van der Waals surface area contributed by atoms with Crippen LogP contribution in [-0.4, -0.2) is 22.1 Å². The molecular weight excluding hydrogens is 252 g/mol. The van der Waals surface area contributed by atoms with Gasteiger partial charge in [-0.05, 0) is 25.2 Å². The van der Waals surface area contributed by atoms with Crippen molar-refractivity contribution in [3.05, 3.63) is 22.7 Å². The lowest BCUT2D eigenvalue weighted by atomic mass is 9.84. The van der Waals surface area contributed by atoms with E-state index in [1.807, 2.05) is 0 Å². The lowest BCUT2D eigenvalue weighted by Gasteiger charge is -2.30. The summed E-state index contributed by atoms with van der Waals surface area (Å²) in [6.45, 7) is 3.34. The van der Waals surface area contributed by atoms with Crippen LogP contribution < -0.4 is 16.6 Å². The second-order valence-corrected chi connectivity index (χ2v) is 5.66. The number of nitrogens with two attached hydrogens (primary N) is 1. The molecule has 1 saturated carbocycles. The molecule has 112 valence electrons. The Labute approximate surface area is 120 Å². The Balaban J connectivity index is 2.10. The maximum absolute atomic E-state index is 12.3. The van der Waals surface area contributed by atoms with Gasteiger partial charge in [-0.15, -0.1) is 0 Å². The quantitative estimate of drug-likeness (QED) is 0.834. The molecule has 1 atom stereocenters. The Morgan fingerprint density at radius 3 is 2.85 bits per heavy atom. The molecule has 0 radical (unpaired) electrons. The molecule has 20 heavy (non-hydrogen) atoms. The number of hydrogen-bond donors (Lipinski definition) is 2. The van der Waals surface area contributed by atoms with Crippen LogP contribution in [-0.2, 0) is 6.54 Å². The van der Waals surface area contributed by atoms with E-state index in [9.17, 15) is 4.79 Å². The van der Waals surface area contributed by atoms with E-state index in [0.29, 0.717) is 18.3 Å². The van der Waals surface area contributed by atoms with Gasteiger partial charge in [-0.1, -0.05) is 26.2 Å².